The molecule has 0 spiro atoms. The SMILES string of the molecule is CC(C)n1nccc1-c1cc(C(=O)NC(C)(C)C)cc(-c2ccc(F)c(F)c2)n1. The first-order valence-corrected chi connectivity index (χ1v) is 9.39. The van der Waals surface area contributed by atoms with Gasteiger partial charge in [0.1, 0.15) is 0 Å². The molecule has 29 heavy (non-hydrogen) atoms. The van der Waals surface area contributed by atoms with Crippen LogP contribution in [0.5, 0.6) is 0 Å². The lowest BCUT2D eigenvalue weighted by molar-refractivity contribution is 0.0919. The minimum absolute atomic E-state index is 0.0839. The first-order chi connectivity index (χ1) is 13.5. The van der Waals surface area contributed by atoms with Crippen LogP contribution in [0.3, 0.4) is 0 Å². The van der Waals surface area contributed by atoms with Crippen molar-refractivity contribution in [2.24, 2.45) is 0 Å². The Hall–Kier alpha value is -3.09. The molecule has 0 unspecified atom stereocenters. The number of nitrogens with one attached hydrogen (secondary N) is 1. The largest absolute Gasteiger partial charge is 0.347 e. The molecule has 1 N–H and O–H groups in total. The summed E-state index contributed by atoms with van der Waals surface area (Å²) in [6, 6.07) is 8.71. The predicted octanol–water partition coefficient (Wildman–Crippen LogP) is 5.00. The minimum Gasteiger partial charge on any atom is -0.347 e. The van der Waals surface area contributed by atoms with Gasteiger partial charge in [-0.15, -0.1) is 0 Å². The van der Waals surface area contributed by atoms with E-state index in [1.165, 1.54) is 6.07 Å². The van der Waals surface area contributed by atoms with Crippen LogP contribution in [0.25, 0.3) is 22.6 Å². The number of aromatic nitrogens is 3. The third-order valence-electron chi connectivity index (χ3n) is 4.21. The van der Waals surface area contributed by atoms with Crippen molar-refractivity contribution in [1.82, 2.24) is 20.1 Å². The van der Waals surface area contributed by atoms with Crippen LogP contribution in [-0.4, -0.2) is 26.2 Å². The van der Waals surface area contributed by atoms with Gasteiger partial charge in [0, 0.05) is 28.9 Å². The van der Waals surface area contributed by atoms with Crippen LogP contribution < -0.4 is 5.32 Å². The molecule has 0 fully saturated rings. The Bertz CT molecular complexity index is 1050. The van der Waals surface area contributed by atoms with E-state index in [4.69, 9.17) is 0 Å². The zero-order chi connectivity index (χ0) is 21.3. The van der Waals surface area contributed by atoms with Gasteiger partial charge in [-0.3, -0.25) is 9.48 Å². The predicted molar refractivity (Wildman–Crippen MR) is 108 cm³/mol. The first-order valence-electron chi connectivity index (χ1n) is 9.39. The number of benzene rings is 1. The number of carbonyl (C=O) groups excluding carboxylic acids is 1. The molecule has 0 radical (unpaired) electrons. The zero-order valence-corrected chi connectivity index (χ0v) is 17.1. The number of halogens is 2. The van der Waals surface area contributed by atoms with Crippen LogP contribution in [0, 0.1) is 11.6 Å². The summed E-state index contributed by atoms with van der Waals surface area (Å²) < 4.78 is 29.0. The molecule has 2 aromatic heterocycles. The van der Waals surface area contributed by atoms with Crippen molar-refractivity contribution in [3.8, 4) is 22.6 Å². The molecule has 1 amide bonds. The molecule has 0 saturated carbocycles. The Labute approximate surface area is 168 Å². The number of carbonyl (C=O) groups is 1. The summed E-state index contributed by atoms with van der Waals surface area (Å²) in [5.74, 6) is -2.18. The molecule has 1 aromatic carbocycles. The molecule has 0 atom stereocenters. The fourth-order valence-corrected chi connectivity index (χ4v) is 2.94. The number of pyridine rings is 1. The summed E-state index contributed by atoms with van der Waals surface area (Å²) in [6.45, 7) is 9.64. The summed E-state index contributed by atoms with van der Waals surface area (Å²) >= 11 is 0. The summed E-state index contributed by atoms with van der Waals surface area (Å²) in [6.07, 6.45) is 1.66. The minimum atomic E-state index is -0.970. The van der Waals surface area contributed by atoms with Crippen molar-refractivity contribution < 1.29 is 13.6 Å². The molecule has 0 aliphatic heterocycles. The van der Waals surface area contributed by atoms with Crippen molar-refractivity contribution in [3.05, 3.63) is 59.8 Å². The maximum atomic E-state index is 13.8. The molecule has 5 nitrogen and oxygen atoms in total. The summed E-state index contributed by atoms with van der Waals surface area (Å²) in [5, 5.41) is 7.24. The molecule has 3 aromatic rings. The third-order valence-corrected chi connectivity index (χ3v) is 4.21. The lowest BCUT2D eigenvalue weighted by atomic mass is 10.0. The van der Waals surface area contributed by atoms with E-state index in [0.717, 1.165) is 17.8 Å². The fraction of sp³-hybridized carbons (Fsp3) is 0.318. The van der Waals surface area contributed by atoms with Gasteiger partial charge < -0.3 is 5.32 Å². The molecule has 0 bridgehead atoms. The monoisotopic (exact) mass is 398 g/mol. The van der Waals surface area contributed by atoms with E-state index in [0.29, 0.717) is 22.5 Å². The molecule has 0 aliphatic carbocycles. The number of hydrogen-bond donors (Lipinski definition) is 1. The second-order valence-corrected chi connectivity index (χ2v) is 8.21. The van der Waals surface area contributed by atoms with Crippen LogP contribution in [0.15, 0.2) is 42.6 Å². The maximum Gasteiger partial charge on any atom is 0.251 e. The van der Waals surface area contributed by atoms with Gasteiger partial charge >= 0.3 is 0 Å². The second kappa shape index (κ2) is 7.73. The van der Waals surface area contributed by atoms with E-state index < -0.39 is 17.2 Å². The quantitative estimate of drug-likeness (QED) is 0.673. The lowest BCUT2D eigenvalue weighted by Gasteiger charge is -2.21. The first kappa shape index (κ1) is 20.6. The number of nitrogens with zero attached hydrogens (tertiary/aromatic N) is 3. The standard InChI is InChI=1S/C22H24F2N4O/c1-13(2)28-20(8-9-25-28)19-12-15(21(29)27-22(3,4)5)11-18(26-19)14-6-7-16(23)17(24)10-14/h6-13H,1-5H3,(H,27,29). The molecule has 7 heteroatoms. The van der Waals surface area contributed by atoms with E-state index in [2.05, 4.69) is 15.4 Å². The van der Waals surface area contributed by atoms with Gasteiger partial charge in [-0.1, -0.05) is 0 Å². The molecule has 0 saturated heterocycles. The molecule has 3 rings (SSSR count). The topological polar surface area (TPSA) is 59.8 Å². The summed E-state index contributed by atoms with van der Waals surface area (Å²) in [7, 11) is 0. The van der Waals surface area contributed by atoms with E-state index in [1.54, 1.807) is 23.0 Å². The zero-order valence-electron chi connectivity index (χ0n) is 17.1. The van der Waals surface area contributed by atoms with Crippen LogP contribution in [-0.2, 0) is 0 Å². The van der Waals surface area contributed by atoms with Crippen molar-refractivity contribution in [1.29, 1.82) is 0 Å². The number of hydrogen-bond acceptors (Lipinski definition) is 3. The average molecular weight is 398 g/mol. The smallest absolute Gasteiger partial charge is 0.251 e. The Morgan fingerprint density at radius 1 is 1.03 bits per heavy atom. The Balaban J connectivity index is 2.17. The Kier molecular flexibility index (Phi) is 5.50. The second-order valence-electron chi connectivity index (χ2n) is 8.21. The molecular weight excluding hydrogens is 374 g/mol. The van der Waals surface area contributed by atoms with Gasteiger partial charge in [-0.2, -0.15) is 5.10 Å². The summed E-state index contributed by atoms with van der Waals surface area (Å²) in [5.41, 5.74) is 1.96. The van der Waals surface area contributed by atoms with E-state index in [9.17, 15) is 13.6 Å². The number of amides is 1. The fourth-order valence-electron chi connectivity index (χ4n) is 2.94. The maximum absolute atomic E-state index is 13.8. The van der Waals surface area contributed by atoms with Gasteiger partial charge in [-0.05, 0) is 71.0 Å². The average Bonchev–Trinajstić information content (AvgIpc) is 3.12. The highest BCUT2D eigenvalue weighted by molar-refractivity contribution is 5.96. The van der Waals surface area contributed by atoms with Gasteiger partial charge in [-0.25, -0.2) is 13.8 Å². The highest BCUT2D eigenvalue weighted by Gasteiger charge is 2.19. The summed E-state index contributed by atoms with van der Waals surface area (Å²) in [4.78, 5) is 17.4. The van der Waals surface area contributed by atoms with E-state index in [1.807, 2.05) is 40.7 Å². The van der Waals surface area contributed by atoms with Crippen LogP contribution in [0.4, 0.5) is 8.78 Å². The van der Waals surface area contributed by atoms with Crippen molar-refractivity contribution in [2.45, 2.75) is 46.2 Å². The van der Waals surface area contributed by atoms with Gasteiger partial charge in [0.25, 0.3) is 5.91 Å². The van der Waals surface area contributed by atoms with Crippen LogP contribution in [0.2, 0.25) is 0 Å². The molecular formula is C22H24F2N4O. The molecule has 152 valence electrons. The van der Waals surface area contributed by atoms with Gasteiger partial charge in [0.05, 0.1) is 17.1 Å². The Morgan fingerprint density at radius 2 is 1.72 bits per heavy atom. The molecule has 2 heterocycles. The lowest BCUT2D eigenvalue weighted by Crippen LogP contribution is -2.40. The third kappa shape index (κ3) is 4.67. The van der Waals surface area contributed by atoms with Gasteiger partial charge in [0.15, 0.2) is 11.6 Å². The van der Waals surface area contributed by atoms with Crippen molar-refractivity contribution >= 4 is 5.91 Å². The molecule has 0 aliphatic rings. The normalized spacial score (nSPS) is 11.7. The van der Waals surface area contributed by atoms with E-state index in [-0.39, 0.29) is 11.9 Å². The van der Waals surface area contributed by atoms with E-state index >= 15 is 0 Å². The van der Waals surface area contributed by atoms with Crippen molar-refractivity contribution in [2.75, 3.05) is 0 Å². The van der Waals surface area contributed by atoms with Crippen LogP contribution in [0.1, 0.15) is 51.0 Å². The van der Waals surface area contributed by atoms with Crippen LogP contribution >= 0.6 is 0 Å². The highest BCUT2D eigenvalue weighted by Crippen LogP contribution is 2.27. The Morgan fingerprint density at radius 3 is 2.34 bits per heavy atom. The van der Waals surface area contributed by atoms with Gasteiger partial charge in [0.2, 0.25) is 0 Å². The highest BCUT2D eigenvalue weighted by atomic mass is 19.2. The van der Waals surface area contributed by atoms with Crippen molar-refractivity contribution in [3.63, 3.8) is 0 Å². The number of rotatable bonds is 4.